The number of benzene rings is 1. The molecule has 1 aromatic rings. The normalized spacial score (nSPS) is 13.5. The molecule has 2 N–H and O–H groups in total. The number of carbonyl (C=O) groups is 2. The maximum atomic E-state index is 13.1. The zero-order valence-corrected chi connectivity index (χ0v) is 10.2. The molecule has 0 aliphatic heterocycles. The molecule has 1 unspecified atom stereocenters. The molecule has 122 valence electrons. The number of aromatic carboxylic acids is 2. The number of hydrogen-bond acceptors (Lipinski definition) is 3. The molecule has 0 saturated carbocycles. The van der Waals surface area contributed by atoms with Gasteiger partial charge in [-0.25, -0.2) is 9.59 Å². The average molecular weight is 332 g/mol. The Morgan fingerprint density at radius 2 is 1.59 bits per heavy atom. The lowest BCUT2D eigenvalue weighted by Crippen LogP contribution is -2.47. The number of alkyl halides is 6. The van der Waals surface area contributed by atoms with E-state index in [-0.39, 0.29) is 0 Å². The molecule has 11 heteroatoms. The van der Waals surface area contributed by atoms with E-state index in [4.69, 9.17) is 10.2 Å². The van der Waals surface area contributed by atoms with Gasteiger partial charge in [-0.1, -0.05) is 6.07 Å². The summed E-state index contributed by atoms with van der Waals surface area (Å²) in [5.74, 6) is -11.0. The first-order chi connectivity index (χ1) is 9.89. The van der Waals surface area contributed by atoms with Crippen LogP contribution in [0.1, 0.15) is 20.7 Å². The molecule has 0 spiro atoms. The van der Waals surface area contributed by atoms with Crippen LogP contribution in [0.15, 0.2) is 18.2 Å². The summed E-state index contributed by atoms with van der Waals surface area (Å²) in [4.78, 5) is 21.7. The highest BCUT2D eigenvalue weighted by Crippen LogP contribution is 2.40. The Kier molecular flexibility index (Phi) is 4.58. The lowest BCUT2D eigenvalue weighted by Gasteiger charge is -2.24. The summed E-state index contributed by atoms with van der Waals surface area (Å²) in [5.41, 5.74) is -2.22. The SMILES string of the molecule is O=C(O)c1cccc(OC(F)C(F)(F)C(F)(F)F)c1C(=O)O. The van der Waals surface area contributed by atoms with Gasteiger partial charge >= 0.3 is 30.4 Å². The first-order valence-corrected chi connectivity index (χ1v) is 5.24. The molecule has 1 rings (SSSR count). The van der Waals surface area contributed by atoms with E-state index in [1.165, 1.54) is 0 Å². The highest BCUT2D eigenvalue weighted by Gasteiger charge is 2.65. The van der Waals surface area contributed by atoms with E-state index in [0.29, 0.717) is 6.07 Å². The Morgan fingerprint density at radius 3 is 2.00 bits per heavy atom. The summed E-state index contributed by atoms with van der Waals surface area (Å²) in [6.07, 6.45) is -10.5. The van der Waals surface area contributed by atoms with Crippen molar-refractivity contribution in [2.45, 2.75) is 18.5 Å². The van der Waals surface area contributed by atoms with Crippen LogP contribution in [0.25, 0.3) is 0 Å². The number of carboxylic acid groups (broad SMARTS) is 2. The topological polar surface area (TPSA) is 83.8 Å². The first-order valence-electron chi connectivity index (χ1n) is 5.24. The minimum atomic E-state index is -6.28. The van der Waals surface area contributed by atoms with E-state index in [0.717, 1.165) is 12.1 Å². The first kappa shape index (κ1) is 17.6. The van der Waals surface area contributed by atoms with Crippen molar-refractivity contribution in [1.82, 2.24) is 0 Å². The van der Waals surface area contributed by atoms with Crippen molar-refractivity contribution >= 4 is 11.9 Å². The Bertz CT molecular complexity index is 597. The van der Waals surface area contributed by atoms with E-state index in [1.54, 1.807) is 0 Å². The van der Waals surface area contributed by atoms with Gasteiger partial charge in [-0.2, -0.15) is 26.3 Å². The predicted octanol–water partition coefficient (Wildman–Crippen LogP) is 2.96. The quantitative estimate of drug-likeness (QED) is 0.810. The zero-order chi connectivity index (χ0) is 17.3. The van der Waals surface area contributed by atoms with Crippen LogP contribution in [0.4, 0.5) is 26.3 Å². The second-order valence-electron chi connectivity index (χ2n) is 3.84. The maximum absolute atomic E-state index is 13.1. The molecule has 0 heterocycles. The number of ether oxygens (including phenoxy) is 1. The highest BCUT2D eigenvalue weighted by molar-refractivity contribution is 6.03. The predicted molar refractivity (Wildman–Crippen MR) is 56.9 cm³/mol. The number of carboxylic acids is 2. The molecule has 0 radical (unpaired) electrons. The molecule has 1 atom stereocenters. The molecule has 0 saturated heterocycles. The molecule has 0 aliphatic rings. The van der Waals surface area contributed by atoms with Gasteiger partial charge in [0.2, 0.25) is 0 Å². The molecule has 0 fully saturated rings. The molecule has 0 bridgehead atoms. The van der Waals surface area contributed by atoms with E-state index in [1.807, 2.05) is 0 Å². The van der Waals surface area contributed by atoms with Crippen molar-refractivity contribution in [1.29, 1.82) is 0 Å². The number of hydrogen-bond donors (Lipinski definition) is 2. The van der Waals surface area contributed by atoms with Gasteiger partial charge in [0.05, 0.1) is 5.56 Å². The van der Waals surface area contributed by atoms with Crippen molar-refractivity contribution in [3.63, 3.8) is 0 Å². The third-order valence-electron chi connectivity index (χ3n) is 2.36. The second-order valence-corrected chi connectivity index (χ2v) is 3.84. The summed E-state index contributed by atoms with van der Waals surface area (Å²) in [6.45, 7) is 0. The lowest BCUT2D eigenvalue weighted by molar-refractivity contribution is -0.328. The van der Waals surface area contributed by atoms with E-state index >= 15 is 0 Å². The van der Waals surface area contributed by atoms with Gasteiger partial charge in [0.25, 0.3) is 0 Å². The molecular weight excluding hydrogens is 326 g/mol. The Morgan fingerprint density at radius 1 is 1.05 bits per heavy atom. The van der Waals surface area contributed by atoms with E-state index in [2.05, 4.69) is 4.74 Å². The van der Waals surface area contributed by atoms with Gasteiger partial charge in [-0.15, -0.1) is 0 Å². The summed E-state index contributed by atoms with van der Waals surface area (Å²) < 4.78 is 78.2. The fourth-order valence-electron chi connectivity index (χ4n) is 1.34. The molecule has 5 nitrogen and oxygen atoms in total. The Labute approximate surface area is 117 Å². The van der Waals surface area contributed by atoms with Crippen LogP contribution in [-0.2, 0) is 0 Å². The Hall–Kier alpha value is -2.46. The fraction of sp³-hybridized carbons (Fsp3) is 0.273. The van der Waals surface area contributed by atoms with E-state index < -0.39 is 47.3 Å². The Balaban J connectivity index is 3.27. The average Bonchev–Trinajstić information content (AvgIpc) is 2.36. The molecule has 1 aromatic carbocycles. The molecule has 0 aliphatic carbocycles. The molecular formula is C11H6F6O5. The highest BCUT2D eigenvalue weighted by atomic mass is 19.4. The van der Waals surface area contributed by atoms with Gasteiger partial charge in [-0.05, 0) is 12.1 Å². The van der Waals surface area contributed by atoms with Crippen molar-refractivity contribution < 1.29 is 50.9 Å². The maximum Gasteiger partial charge on any atom is 0.460 e. The minimum Gasteiger partial charge on any atom is -0.478 e. The van der Waals surface area contributed by atoms with Crippen LogP contribution in [0.3, 0.4) is 0 Å². The zero-order valence-electron chi connectivity index (χ0n) is 10.2. The van der Waals surface area contributed by atoms with Crippen molar-refractivity contribution in [3.8, 4) is 5.75 Å². The van der Waals surface area contributed by atoms with Gasteiger partial charge < -0.3 is 14.9 Å². The molecule has 22 heavy (non-hydrogen) atoms. The second kappa shape index (κ2) is 5.73. The van der Waals surface area contributed by atoms with Crippen LogP contribution in [-0.4, -0.2) is 40.6 Å². The van der Waals surface area contributed by atoms with Gasteiger partial charge in [0, 0.05) is 0 Å². The molecule has 0 amide bonds. The van der Waals surface area contributed by atoms with Crippen LogP contribution < -0.4 is 4.74 Å². The smallest absolute Gasteiger partial charge is 0.460 e. The minimum absolute atomic E-state index is 0.551. The van der Waals surface area contributed by atoms with Crippen LogP contribution in [0.2, 0.25) is 0 Å². The standard InChI is InChI=1S/C11H6F6O5/c12-9(10(13,14)11(15,16)17)22-5-3-1-2-4(7(18)19)6(5)8(20)21/h1-3,9H,(H,18,19)(H,20,21). The van der Waals surface area contributed by atoms with Crippen molar-refractivity contribution in [2.75, 3.05) is 0 Å². The van der Waals surface area contributed by atoms with E-state index in [9.17, 15) is 35.9 Å². The summed E-state index contributed by atoms with van der Waals surface area (Å²) >= 11 is 0. The van der Waals surface area contributed by atoms with Gasteiger partial charge in [0.1, 0.15) is 11.3 Å². The van der Waals surface area contributed by atoms with Gasteiger partial charge in [0.15, 0.2) is 0 Å². The van der Waals surface area contributed by atoms with Crippen molar-refractivity contribution in [3.05, 3.63) is 29.3 Å². The van der Waals surface area contributed by atoms with Crippen LogP contribution in [0.5, 0.6) is 5.75 Å². The summed E-state index contributed by atoms with van der Waals surface area (Å²) in [6, 6.07) is 2.08. The third-order valence-corrected chi connectivity index (χ3v) is 2.36. The van der Waals surface area contributed by atoms with Gasteiger partial charge in [-0.3, -0.25) is 0 Å². The monoisotopic (exact) mass is 332 g/mol. The summed E-state index contributed by atoms with van der Waals surface area (Å²) in [5, 5.41) is 17.5. The lowest BCUT2D eigenvalue weighted by atomic mass is 10.1. The van der Waals surface area contributed by atoms with Crippen LogP contribution >= 0.6 is 0 Å². The van der Waals surface area contributed by atoms with Crippen LogP contribution in [0, 0.1) is 0 Å². The molecule has 0 aromatic heterocycles. The summed E-state index contributed by atoms with van der Waals surface area (Å²) in [7, 11) is 0. The largest absolute Gasteiger partial charge is 0.478 e. The third kappa shape index (κ3) is 3.23. The van der Waals surface area contributed by atoms with Crippen molar-refractivity contribution in [2.24, 2.45) is 0 Å². The number of halogens is 6. The number of rotatable bonds is 5. The fourth-order valence-corrected chi connectivity index (χ4v) is 1.34.